The van der Waals surface area contributed by atoms with Crippen molar-refractivity contribution in [1.82, 2.24) is 4.98 Å². The molecule has 1 heterocycles. The average Bonchev–Trinajstić information content (AvgIpc) is 2.43. The number of hydrogen-bond acceptors (Lipinski definition) is 4. The lowest BCUT2D eigenvalue weighted by molar-refractivity contribution is 0.0589. The maximum atomic E-state index is 12.2. The summed E-state index contributed by atoms with van der Waals surface area (Å²) in [5, 5.41) is 1.49. The number of nitrogens with zero attached hydrogens (tertiary/aromatic N) is 2. The summed E-state index contributed by atoms with van der Waals surface area (Å²) in [4.78, 5) is 28.7. The zero-order chi connectivity index (χ0) is 15.6. The Morgan fingerprint density at radius 3 is 2.57 bits per heavy atom. The van der Waals surface area contributed by atoms with Crippen LogP contribution in [0.4, 0.5) is 10.5 Å². The molecule has 0 spiro atoms. The lowest BCUT2D eigenvalue weighted by Gasteiger charge is -2.25. The number of ether oxygens (including phenoxy) is 1. The van der Waals surface area contributed by atoms with E-state index in [4.69, 9.17) is 4.74 Å². The first-order chi connectivity index (χ1) is 9.83. The molecule has 1 aromatic heterocycles. The van der Waals surface area contributed by atoms with Gasteiger partial charge < -0.3 is 4.74 Å². The molecule has 0 bridgehead atoms. The van der Waals surface area contributed by atoms with Crippen LogP contribution >= 0.6 is 0 Å². The van der Waals surface area contributed by atoms with Crippen molar-refractivity contribution in [2.45, 2.75) is 26.4 Å². The molecule has 2 aromatic rings. The molecule has 0 radical (unpaired) electrons. The van der Waals surface area contributed by atoms with E-state index in [-0.39, 0.29) is 0 Å². The molecule has 0 aliphatic rings. The third-order valence-corrected chi connectivity index (χ3v) is 2.95. The molecule has 0 saturated heterocycles. The largest absolute Gasteiger partial charge is 0.443 e. The van der Waals surface area contributed by atoms with Crippen LogP contribution in [0.2, 0.25) is 0 Å². The van der Waals surface area contributed by atoms with Crippen LogP contribution < -0.4 is 4.90 Å². The zero-order valence-electron chi connectivity index (χ0n) is 12.6. The molecular weight excluding hydrogens is 268 g/mol. The molecule has 21 heavy (non-hydrogen) atoms. The lowest BCUT2D eigenvalue weighted by Crippen LogP contribution is -2.34. The highest BCUT2D eigenvalue weighted by molar-refractivity contribution is 6.05. The van der Waals surface area contributed by atoms with E-state index in [1.807, 2.05) is 20.8 Å². The van der Waals surface area contributed by atoms with Gasteiger partial charge in [0, 0.05) is 24.0 Å². The van der Waals surface area contributed by atoms with Gasteiger partial charge >= 0.3 is 6.09 Å². The molecule has 0 aliphatic carbocycles. The fourth-order valence-electron chi connectivity index (χ4n) is 2.03. The van der Waals surface area contributed by atoms with Gasteiger partial charge in [0.15, 0.2) is 6.29 Å². The van der Waals surface area contributed by atoms with E-state index in [2.05, 4.69) is 4.98 Å². The number of rotatable bonds is 2. The number of anilines is 1. The topological polar surface area (TPSA) is 59.5 Å². The summed E-state index contributed by atoms with van der Waals surface area (Å²) in [6.45, 7) is 5.45. The smallest absolute Gasteiger partial charge is 0.414 e. The first-order valence-electron chi connectivity index (χ1n) is 6.63. The Morgan fingerprint density at radius 2 is 1.95 bits per heavy atom. The Kier molecular flexibility index (Phi) is 3.93. The number of carbonyl (C=O) groups is 2. The van der Waals surface area contributed by atoms with E-state index in [1.54, 1.807) is 37.5 Å². The SMILES string of the molecule is CN(C(=O)OC(C)(C)C)c1cccc2c(C=O)nccc12. The molecule has 5 heteroatoms. The predicted molar refractivity (Wildman–Crippen MR) is 81.8 cm³/mol. The zero-order valence-corrected chi connectivity index (χ0v) is 12.6. The molecule has 0 saturated carbocycles. The number of pyridine rings is 1. The Morgan fingerprint density at radius 1 is 1.24 bits per heavy atom. The normalized spacial score (nSPS) is 11.2. The van der Waals surface area contributed by atoms with E-state index in [0.29, 0.717) is 23.1 Å². The Hall–Kier alpha value is -2.43. The van der Waals surface area contributed by atoms with Gasteiger partial charge in [-0.2, -0.15) is 0 Å². The molecule has 110 valence electrons. The van der Waals surface area contributed by atoms with E-state index in [9.17, 15) is 9.59 Å². The van der Waals surface area contributed by atoms with Crippen LogP contribution in [0.25, 0.3) is 10.8 Å². The number of amides is 1. The summed E-state index contributed by atoms with van der Waals surface area (Å²) in [6.07, 6.45) is 1.82. The van der Waals surface area contributed by atoms with Gasteiger partial charge in [-0.3, -0.25) is 14.7 Å². The average molecular weight is 286 g/mol. The third-order valence-electron chi connectivity index (χ3n) is 2.95. The number of hydrogen-bond donors (Lipinski definition) is 0. The molecule has 0 unspecified atom stereocenters. The molecule has 0 atom stereocenters. The number of aldehydes is 1. The molecule has 0 N–H and O–H groups in total. The van der Waals surface area contributed by atoms with Gasteiger partial charge in [-0.1, -0.05) is 12.1 Å². The van der Waals surface area contributed by atoms with Crippen LogP contribution in [0.1, 0.15) is 31.3 Å². The summed E-state index contributed by atoms with van der Waals surface area (Å²) < 4.78 is 5.36. The van der Waals surface area contributed by atoms with Crippen molar-refractivity contribution in [3.05, 3.63) is 36.2 Å². The summed E-state index contributed by atoms with van der Waals surface area (Å²) >= 11 is 0. The van der Waals surface area contributed by atoms with Gasteiger partial charge in [-0.05, 0) is 32.9 Å². The second-order valence-electron chi connectivity index (χ2n) is 5.73. The summed E-state index contributed by atoms with van der Waals surface area (Å²) in [7, 11) is 1.64. The van der Waals surface area contributed by atoms with Crippen molar-refractivity contribution >= 4 is 28.8 Å². The molecule has 5 nitrogen and oxygen atoms in total. The standard InChI is InChI=1S/C16H18N2O3/c1-16(2,3)21-15(20)18(4)14-7-5-6-11-12(14)8-9-17-13(11)10-19/h5-10H,1-4H3. The van der Waals surface area contributed by atoms with Crippen molar-refractivity contribution in [1.29, 1.82) is 0 Å². The fourth-order valence-corrected chi connectivity index (χ4v) is 2.03. The Bertz CT molecular complexity index is 689. The Labute approximate surface area is 123 Å². The van der Waals surface area contributed by atoms with Gasteiger partial charge in [0.25, 0.3) is 0 Å². The van der Waals surface area contributed by atoms with Crippen LogP contribution in [0.15, 0.2) is 30.5 Å². The van der Waals surface area contributed by atoms with E-state index in [0.717, 1.165) is 5.39 Å². The summed E-state index contributed by atoms with van der Waals surface area (Å²) in [6, 6.07) is 7.17. The highest BCUT2D eigenvalue weighted by Gasteiger charge is 2.21. The first kappa shape index (κ1) is 15.0. The fraction of sp³-hybridized carbons (Fsp3) is 0.312. The monoisotopic (exact) mass is 286 g/mol. The maximum Gasteiger partial charge on any atom is 0.414 e. The number of fused-ring (bicyclic) bond motifs is 1. The van der Waals surface area contributed by atoms with E-state index >= 15 is 0 Å². The Balaban J connectivity index is 2.47. The van der Waals surface area contributed by atoms with Crippen molar-refractivity contribution in [2.75, 3.05) is 11.9 Å². The van der Waals surface area contributed by atoms with Crippen LogP contribution in [-0.4, -0.2) is 30.0 Å². The number of aromatic nitrogens is 1. The molecule has 1 amide bonds. The predicted octanol–water partition coefficient (Wildman–Crippen LogP) is 3.42. The van der Waals surface area contributed by atoms with E-state index in [1.165, 1.54) is 4.90 Å². The van der Waals surface area contributed by atoms with Crippen LogP contribution in [0, 0.1) is 0 Å². The maximum absolute atomic E-state index is 12.2. The highest BCUT2D eigenvalue weighted by atomic mass is 16.6. The molecule has 2 rings (SSSR count). The second-order valence-corrected chi connectivity index (χ2v) is 5.73. The van der Waals surface area contributed by atoms with Crippen LogP contribution in [0.3, 0.4) is 0 Å². The van der Waals surface area contributed by atoms with Gasteiger partial charge in [0.05, 0.1) is 5.69 Å². The van der Waals surface area contributed by atoms with Gasteiger partial charge in [-0.25, -0.2) is 4.79 Å². The minimum atomic E-state index is -0.564. The third kappa shape index (κ3) is 3.18. The first-order valence-corrected chi connectivity index (χ1v) is 6.63. The van der Waals surface area contributed by atoms with Gasteiger partial charge in [0.2, 0.25) is 0 Å². The van der Waals surface area contributed by atoms with Crippen LogP contribution in [-0.2, 0) is 4.74 Å². The van der Waals surface area contributed by atoms with Crippen molar-refractivity contribution in [2.24, 2.45) is 0 Å². The van der Waals surface area contributed by atoms with Crippen molar-refractivity contribution in [3.8, 4) is 0 Å². The van der Waals surface area contributed by atoms with Crippen molar-refractivity contribution in [3.63, 3.8) is 0 Å². The lowest BCUT2D eigenvalue weighted by atomic mass is 10.1. The minimum absolute atomic E-state index is 0.354. The molecule has 0 fully saturated rings. The number of benzene rings is 1. The van der Waals surface area contributed by atoms with E-state index < -0.39 is 11.7 Å². The summed E-state index contributed by atoms with van der Waals surface area (Å²) in [5.74, 6) is 0. The summed E-state index contributed by atoms with van der Waals surface area (Å²) in [5.41, 5.74) is 0.463. The number of carbonyl (C=O) groups excluding carboxylic acids is 2. The van der Waals surface area contributed by atoms with Gasteiger partial charge in [-0.15, -0.1) is 0 Å². The van der Waals surface area contributed by atoms with Crippen molar-refractivity contribution < 1.29 is 14.3 Å². The highest BCUT2D eigenvalue weighted by Crippen LogP contribution is 2.28. The molecule has 0 aliphatic heterocycles. The molecular formula is C16H18N2O3. The molecule has 1 aromatic carbocycles. The minimum Gasteiger partial charge on any atom is -0.443 e. The van der Waals surface area contributed by atoms with Gasteiger partial charge in [0.1, 0.15) is 11.3 Å². The quantitative estimate of drug-likeness (QED) is 0.794. The van der Waals surface area contributed by atoms with Crippen LogP contribution in [0.5, 0.6) is 0 Å². The second kappa shape index (κ2) is 5.52.